The minimum atomic E-state index is -3.11. The lowest BCUT2D eigenvalue weighted by atomic mass is 9.73. The minimum absolute atomic E-state index is 0. The van der Waals surface area contributed by atoms with Crippen molar-refractivity contribution in [2.24, 2.45) is 0 Å². The molecule has 2 aliphatic rings. The minimum Gasteiger partial charge on any atom is -1.00 e. The Kier molecular flexibility index (Phi) is 41.0. The van der Waals surface area contributed by atoms with Gasteiger partial charge in [0.2, 0.25) is 5.71 Å². The standard InChI is InChI=1S/C20H21F2N2O5.C18H17Br2F2NO5.C6H15N.C4H10.CH3F.CH4.2BrH/c1-5-12(23)17-16(19(26)28-4)15(14(10(2)24-17)18(25)27-3)11-8-6-7-9-13(11)29-20(21)22;1-26-16(24)14-10(7-19)23-11(8-20)15(17(25)27-2)13(14)9-5-3-4-6-12(9)28-18(21)22;1-4-7(5-2)6-3;1-3-4-2;1-2;;;/h6-9,15,20,23H,5H2,1-4H3;3-6,13,18,23H,7-8H2,1-2H3;4-6H2,1-3H3;3-4H2,1-2H3;1H3;1H4;2*1H/q+1;;;;;;;/p-1/i;;;;1D;;;. The van der Waals surface area contributed by atoms with E-state index in [2.05, 4.69) is 91.2 Å². The van der Waals surface area contributed by atoms with Gasteiger partial charge in [0, 0.05) is 40.1 Å². The first-order valence-corrected chi connectivity index (χ1v) is 24.2. The van der Waals surface area contributed by atoms with Crippen molar-refractivity contribution in [2.75, 3.05) is 65.9 Å². The lowest BCUT2D eigenvalue weighted by Gasteiger charge is -2.32. The van der Waals surface area contributed by atoms with Crippen molar-refractivity contribution in [3.8, 4) is 11.5 Å². The number of dihydropyridines is 1. The van der Waals surface area contributed by atoms with Crippen LogP contribution in [0, 0.1) is 11.3 Å². The molecule has 0 radical (unpaired) electrons. The van der Waals surface area contributed by atoms with Gasteiger partial charge < -0.3 is 72.6 Å². The van der Waals surface area contributed by atoms with Crippen molar-refractivity contribution in [1.82, 2.24) is 10.2 Å². The van der Waals surface area contributed by atoms with Crippen LogP contribution in [-0.2, 0) is 38.1 Å². The molecule has 3 N–H and O–H groups in total. The maximum Gasteiger partial charge on any atom is 0.427 e. The van der Waals surface area contributed by atoms with E-state index >= 15 is 0 Å². The smallest absolute Gasteiger partial charge is 0.427 e. The monoisotopic (exact) mass is 1300 g/mol. The predicted molar refractivity (Wildman–Crippen MR) is 272 cm³/mol. The van der Waals surface area contributed by atoms with Crippen molar-refractivity contribution in [3.63, 3.8) is 0 Å². The van der Waals surface area contributed by atoms with Gasteiger partial charge in [-0.05, 0) is 38.7 Å². The van der Waals surface area contributed by atoms with Gasteiger partial charge in [0.25, 0.3) is 5.92 Å². The van der Waals surface area contributed by atoms with Crippen molar-refractivity contribution < 1.29 is 110 Å². The molecule has 0 bridgehead atoms. The van der Waals surface area contributed by atoms with E-state index in [1.807, 2.05) is 0 Å². The van der Waals surface area contributed by atoms with Gasteiger partial charge in [0.05, 0.1) is 60.4 Å². The molecule has 1 unspecified atom stereocenters. The van der Waals surface area contributed by atoms with Crippen LogP contribution in [0.5, 0.6) is 11.5 Å². The van der Waals surface area contributed by atoms with Crippen LogP contribution in [0.15, 0.2) is 82.3 Å². The fourth-order valence-corrected chi connectivity index (χ4v) is 7.70. The highest BCUT2D eigenvalue weighted by Gasteiger charge is 2.57. The molecule has 0 amide bonds. The zero-order valence-electron chi connectivity index (χ0n) is 43.2. The topological polar surface area (TPSA) is 177 Å². The van der Waals surface area contributed by atoms with Crippen LogP contribution in [-0.4, -0.2) is 119 Å². The normalized spacial score (nSPS) is 13.9. The Morgan fingerprint density at radius 3 is 1.44 bits per heavy atom. The lowest BCUT2D eigenvalue weighted by molar-refractivity contribution is -0.398. The summed E-state index contributed by atoms with van der Waals surface area (Å²) in [7, 11) is 3.72. The Bertz CT molecular complexity index is 2120. The molecular weight excluding hydrogens is 1230 g/mol. The highest BCUT2D eigenvalue weighted by Crippen LogP contribution is 2.44. The first kappa shape index (κ1) is 72.9. The summed E-state index contributed by atoms with van der Waals surface area (Å²) in [5, 5.41) is 11.7. The molecule has 0 saturated carbocycles. The second kappa shape index (κ2) is 41.0. The number of nitrogens with zero attached hydrogens (tertiary/aromatic N) is 1. The zero-order chi connectivity index (χ0) is 54.4. The number of hydrogen-bond donors (Lipinski definition) is 3. The maximum atomic E-state index is 13.0. The highest BCUT2D eigenvalue weighted by molar-refractivity contribution is 9.09. The van der Waals surface area contributed by atoms with Gasteiger partial charge in [-0.1, -0.05) is 123 Å². The SMILES string of the molecule is C.CCC(=N)C1=[NH+]C(C)=C(C(=O)OC)C(c2ccccc2OC(F)F)[C+]1C(=O)OC.CCCC.CCN(CC)CC.COC(=O)C1=C(CBr)NC(CBr)=C(C(=O)OC)C1c1ccccc1OC(F)F.[2H]CF.[Br-].[Br-]. The van der Waals surface area contributed by atoms with Crippen LogP contribution >= 0.6 is 31.9 Å². The number of alkyl halides is 7. The number of halogens is 9. The van der Waals surface area contributed by atoms with Crippen molar-refractivity contribution >= 4 is 67.2 Å². The van der Waals surface area contributed by atoms with E-state index < -0.39 is 56.1 Å². The van der Waals surface area contributed by atoms with Gasteiger partial charge >= 0.3 is 42.8 Å². The van der Waals surface area contributed by atoms with Crippen LogP contribution in [0.25, 0.3) is 0 Å². The molecule has 0 saturated heterocycles. The Balaban J connectivity index is -0.000000510. The Morgan fingerprint density at radius 1 is 0.726 bits per heavy atom. The number of unbranched alkanes of at least 4 members (excludes halogenated alkanes) is 1. The van der Waals surface area contributed by atoms with E-state index in [1.54, 1.807) is 26.0 Å². The van der Waals surface area contributed by atoms with E-state index in [0.29, 0.717) is 17.1 Å². The second-order valence-electron chi connectivity index (χ2n) is 14.2. The van der Waals surface area contributed by atoms with Gasteiger partial charge in [0.1, 0.15) is 23.0 Å². The number of hydrogen-bond acceptors (Lipinski definition) is 13. The Labute approximate surface area is 467 Å². The number of nitrogens with one attached hydrogen (secondary N) is 3. The number of rotatable bonds is 18. The molecule has 0 aliphatic carbocycles. The molecule has 2 heterocycles. The first-order valence-electron chi connectivity index (χ1n) is 22.7. The van der Waals surface area contributed by atoms with Crippen molar-refractivity contribution in [1.29, 1.82) is 5.41 Å². The molecule has 414 valence electrons. The fraction of sp³-hybridized carbons (Fsp3) is 0.500. The van der Waals surface area contributed by atoms with Crippen LogP contribution < -0.4 is 53.7 Å². The predicted octanol–water partition coefficient (Wildman–Crippen LogP) is 3.53. The third-order valence-corrected chi connectivity index (χ3v) is 11.5. The number of allylic oxidation sites excluding steroid dienone is 3. The van der Waals surface area contributed by atoms with Gasteiger partial charge in [-0.3, -0.25) is 4.39 Å². The lowest BCUT2D eigenvalue weighted by Crippen LogP contribution is -3.00. The summed E-state index contributed by atoms with van der Waals surface area (Å²) in [5.74, 6) is -5.57. The molecule has 2 aliphatic heterocycles. The summed E-state index contributed by atoms with van der Waals surface area (Å²) in [4.78, 5) is 55.7. The number of benzene rings is 2. The van der Waals surface area contributed by atoms with Crippen molar-refractivity contribution in [3.05, 3.63) is 99.4 Å². The molecular formula is C50H71Br4F5N4O10. The molecule has 2 aromatic rings. The van der Waals surface area contributed by atoms with E-state index in [1.165, 1.54) is 90.2 Å². The number of carbonyl (C=O) groups excluding carboxylic acids is 4. The van der Waals surface area contributed by atoms with Crippen molar-refractivity contribution in [2.45, 2.75) is 100 Å². The molecule has 23 heteroatoms. The van der Waals surface area contributed by atoms with Crippen LogP contribution in [0.2, 0.25) is 0 Å². The molecule has 73 heavy (non-hydrogen) atoms. The summed E-state index contributed by atoms with van der Waals surface area (Å²) in [5.41, 5.74) is 2.02. The molecule has 0 aromatic heterocycles. The number of methoxy groups -OCH3 is 4. The van der Waals surface area contributed by atoms with Crippen LogP contribution in [0.4, 0.5) is 22.0 Å². The van der Waals surface area contributed by atoms with E-state index in [4.69, 9.17) is 25.7 Å². The molecule has 0 fully saturated rings. The van der Waals surface area contributed by atoms with E-state index in [-0.39, 0.29) is 115 Å². The fourth-order valence-electron chi connectivity index (χ4n) is 6.81. The molecule has 4 rings (SSSR count). The average Bonchev–Trinajstić information content (AvgIpc) is 3.37. The van der Waals surface area contributed by atoms with Crippen LogP contribution in [0.1, 0.15) is 99.5 Å². The third-order valence-electron chi connectivity index (χ3n) is 10.4. The first-order chi connectivity index (χ1) is 33.8. The summed E-state index contributed by atoms with van der Waals surface area (Å²) < 4.78 is 96.1. The molecule has 2 aromatic carbocycles. The summed E-state index contributed by atoms with van der Waals surface area (Å²) in [6.07, 6.45) is 2.92. The number of para-hydroxylation sites is 2. The summed E-state index contributed by atoms with van der Waals surface area (Å²) in [6.45, 7) is 11.6. The Hall–Kier alpha value is -4.32. The second-order valence-corrected chi connectivity index (χ2v) is 15.4. The third kappa shape index (κ3) is 22.2. The van der Waals surface area contributed by atoms with Gasteiger partial charge in [0.15, 0.2) is 5.70 Å². The Morgan fingerprint density at radius 2 is 1.11 bits per heavy atom. The summed E-state index contributed by atoms with van der Waals surface area (Å²) in [6, 6.07) is 11.8. The quantitative estimate of drug-likeness (QED) is 0.0496. The molecule has 0 spiro atoms. The number of esters is 4. The van der Waals surface area contributed by atoms with Gasteiger partial charge in [-0.25, -0.2) is 24.6 Å². The van der Waals surface area contributed by atoms with E-state index in [9.17, 15) is 41.1 Å². The maximum absolute atomic E-state index is 13.0. The molecule has 14 nitrogen and oxygen atoms in total. The zero-order valence-corrected chi connectivity index (χ0v) is 48.6. The van der Waals surface area contributed by atoms with E-state index in [0.717, 1.165) is 7.11 Å². The highest BCUT2D eigenvalue weighted by atomic mass is 79.9. The number of ether oxygens (including phenoxy) is 6. The van der Waals surface area contributed by atoms with Gasteiger partial charge in [-0.15, -0.1) is 0 Å². The largest absolute Gasteiger partial charge is 1.00 e. The summed E-state index contributed by atoms with van der Waals surface area (Å²) >= 11 is 6.61. The average molecular weight is 1300 g/mol. The van der Waals surface area contributed by atoms with Crippen LogP contribution in [0.3, 0.4) is 0 Å². The van der Waals surface area contributed by atoms with Gasteiger partial charge in [-0.2, -0.15) is 22.6 Å². The molecule has 1 atom stereocenters. The number of carbonyl (C=O) groups is 4.